The SMILES string of the molecule is COc1ccc(OCC2(C)CC/C2=C(/C)COS(=O)(=O)c2ccc(C)cc2)cc1. The Hall–Kier alpha value is -2.31. The van der Waals surface area contributed by atoms with Gasteiger partial charge in [-0.2, -0.15) is 8.42 Å². The van der Waals surface area contributed by atoms with Crippen molar-refractivity contribution >= 4 is 10.1 Å². The molecule has 3 rings (SSSR count). The van der Waals surface area contributed by atoms with Crippen LogP contribution in [0.25, 0.3) is 0 Å². The van der Waals surface area contributed by atoms with E-state index in [0.29, 0.717) is 6.61 Å². The van der Waals surface area contributed by atoms with Crippen LogP contribution in [0, 0.1) is 12.3 Å². The summed E-state index contributed by atoms with van der Waals surface area (Å²) in [6.45, 7) is 6.59. The first-order valence-electron chi connectivity index (χ1n) is 9.65. The van der Waals surface area contributed by atoms with Gasteiger partial charge in [-0.15, -0.1) is 0 Å². The first-order chi connectivity index (χ1) is 13.7. The Morgan fingerprint density at radius 3 is 2.21 bits per heavy atom. The number of aryl methyl sites for hydroxylation is 1. The standard InChI is InChI=1S/C23H28O5S/c1-17-5-11-21(12-6-17)29(24,25)28-15-18(2)22-13-14-23(22,3)16-27-20-9-7-19(26-4)8-10-20/h5-12H,13-16H2,1-4H3/b22-18+. The number of rotatable bonds is 8. The van der Waals surface area contributed by atoms with Crippen LogP contribution in [-0.4, -0.2) is 28.7 Å². The Morgan fingerprint density at radius 2 is 1.66 bits per heavy atom. The summed E-state index contributed by atoms with van der Waals surface area (Å²) in [5, 5.41) is 0. The fraction of sp³-hybridized carbons (Fsp3) is 0.391. The predicted molar refractivity (Wildman–Crippen MR) is 113 cm³/mol. The van der Waals surface area contributed by atoms with Gasteiger partial charge < -0.3 is 9.47 Å². The smallest absolute Gasteiger partial charge is 0.297 e. The van der Waals surface area contributed by atoms with Gasteiger partial charge >= 0.3 is 0 Å². The van der Waals surface area contributed by atoms with Crippen LogP contribution in [0.15, 0.2) is 64.6 Å². The van der Waals surface area contributed by atoms with E-state index in [9.17, 15) is 8.42 Å². The summed E-state index contributed by atoms with van der Waals surface area (Å²) < 4.78 is 41.3. The van der Waals surface area contributed by atoms with Crippen molar-refractivity contribution in [1.82, 2.24) is 0 Å². The van der Waals surface area contributed by atoms with Gasteiger partial charge in [0.1, 0.15) is 11.5 Å². The molecular weight excluding hydrogens is 388 g/mol. The van der Waals surface area contributed by atoms with E-state index < -0.39 is 10.1 Å². The van der Waals surface area contributed by atoms with E-state index >= 15 is 0 Å². The summed E-state index contributed by atoms with van der Waals surface area (Å²) in [7, 11) is -2.14. The Labute approximate surface area is 173 Å². The topological polar surface area (TPSA) is 61.8 Å². The maximum Gasteiger partial charge on any atom is 0.297 e. The first-order valence-corrected chi connectivity index (χ1v) is 11.1. The van der Waals surface area contributed by atoms with Gasteiger partial charge in [0.05, 0.1) is 25.2 Å². The van der Waals surface area contributed by atoms with Crippen molar-refractivity contribution in [1.29, 1.82) is 0 Å². The second-order valence-electron chi connectivity index (χ2n) is 7.81. The highest BCUT2D eigenvalue weighted by Gasteiger charge is 2.39. The van der Waals surface area contributed by atoms with Crippen molar-refractivity contribution < 1.29 is 22.1 Å². The zero-order valence-corrected chi connectivity index (χ0v) is 18.2. The summed E-state index contributed by atoms with van der Waals surface area (Å²) in [6, 6.07) is 14.2. The third-order valence-electron chi connectivity index (χ3n) is 5.53. The third-order valence-corrected chi connectivity index (χ3v) is 6.81. The molecule has 29 heavy (non-hydrogen) atoms. The lowest BCUT2D eigenvalue weighted by Gasteiger charge is -2.43. The van der Waals surface area contributed by atoms with Crippen LogP contribution in [0.5, 0.6) is 11.5 Å². The summed E-state index contributed by atoms with van der Waals surface area (Å²) in [5.74, 6) is 1.57. The first kappa shape index (κ1) is 21.4. The molecule has 5 nitrogen and oxygen atoms in total. The van der Waals surface area contributed by atoms with Gasteiger partial charge in [0.25, 0.3) is 10.1 Å². The van der Waals surface area contributed by atoms with Crippen LogP contribution in [-0.2, 0) is 14.3 Å². The summed E-state index contributed by atoms with van der Waals surface area (Å²) in [5.41, 5.74) is 3.06. The van der Waals surface area contributed by atoms with Crippen molar-refractivity contribution in [3.05, 3.63) is 65.2 Å². The molecule has 2 aromatic carbocycles. The zero-order chi connectivity index (χ0) is 21.1. The normalized spacial score (nSPS) is 20.7. The second kappa shape index (κ2) is 8.59. The summed E-state index contributed by atoms with van der Waals surface area (Å²) >= 11 is 0. The molecule has 0 aromatic heterocycles. The van der Waals surface area contributed by atoms with Gasteiger partial charge in [-0.3, -0.25) is 4.18 Å². The predicted octanol–water partition coefficient (Wildman–Crippen LogP) is 4.90. The molecule has 0 radical (unpaired) electrons. The molecule has 6 heteroatoms. The third kappa shape index (κ3) is 5.00. The van der Waals surface area contributed by atoms with Crippen molar-refractivity contribution in [2.45, 2.75) is 38.5 Å². The average Bonchev–Trinajstić information content (AvgIpc) is 2.70. The number of hydrogen-bond donors (Lipinski definition) is 0. The van der Waals surface area contributed by atoms with Crippen LogP contribution in [0.2, 0.25) is 0 Å². The molecule has 1 atom stereocenters. The lowest BCUT2D eigenvalue weighted by Crippen LogP contribution is -2.36. The van der Waals surface area contributed by atoms with Gasteiger partial charge in [-0.1, -0.05) is 30.2 Å². The van der Waals surface area contributed by atoms with Gasteiger partial charge in [0.2, 0.25) is 0 Å². The van der Waals surface area contributed by atoms with E-state index in [4.69, 9.17) is 13.7 Å². The molecule has 1 aliphatic carbocycles. The minimum Gasteiger partial charge on any atom is -0.497 e. The van der Waals surface area contributed by atoms with Crippen molar-refractivity contribution in [2.24, 2.45) is 5.41 Å². The van der Waals surface area contributed by atoms with Crippen LogP contribution >= 0.6 is 0 Å². The molecule has 1 unspecified atom stereocenters. The van der Waals surface area contributed by atoms with Gasteiger partial charge in [0.15, 0.2) is 0 Å². The lowest BCUT2D eigenvalue weighted by molar-refractivity contribution is 0.139. The monoisotopic (exact) mass is 416 g/mol. The minimum atomic E-state index is -3.77. The Balaban J connectivity index is 1.62. The molecule has 0 spiro atoms. The van der Waals surface area contributed by atoms with E-state index in [1.165, 1.54) is 5.57 Å². The van der Waals surface area contributed by atoms with E-state index in [1.54, 1.807) is 31.4 Å². The number of methoxy groups -OCH3 is 1. The van der Waals surface area contributed by atoms with Crippen molar-refractivity contribution in [2.75, 3.05) is 20.3 Å². The minimum absolute atomic E-state index is 0.0592. The van der Waals surface area contributed by atoms with Crippen LogP contribution in [0.1, 0.15) is 32.3 Å². The molecule has 0 N–H and O–H groups in total. The fourth-order valence-corrected chi connectivity index (χ4v) is 4.44. The maximum atomic E-state index is 12.4. The highest BCUT2D eigenvalue weighted by Crippen LogP contribution is 2.48. The molecule has 0 bridgehead atoms. The van der Waals surface area contributed by atoms with E-state index in [2.05, 4.69) is 6.92 Å². The van der Waals surface area contributed by atoms with E-state index in [1.807, 2.05) is 38.1 Å². The zero-order valence-electron chi connectivity index (χ0n) is 17.4. The average molecular weight is 417 g/mol. The Kier molecular flexibility index (Phi) is 6.34. The quantitative estimate of drug-likeness (QED) is 0.452. The molecule has 0 saturated heterocycles. The lowest BCUT2D eigenvalue weighted by atomic mass is 9.64. The maximum absolute atomic E-state index is 12.4. The molecule has 1 aliphatic rings. The fourth-order valence-electron chi connectivity index (χ4n) is 3.51. The van der Waals surface area contributed by atoms with E-state index in [-0.39, 0.29) is 16.9 Å². The van der Waals surface area contributed by atoms with Crippen molar-refractivity contribution in [3.8, 4) is 11.5 Å². The molecule has 1 fully saturated rings. The van der Waals surface area contributed by atoms with Crippen molar-refractivity contribution in [3.63, 3.8) is 0 Å². The summed E-state index contributed by atoms with van der Waals surface area (Å²) in [6.07, 6.45) is 1.93. The molecule has 0 aliphatic heterocycles. The summed E-state index contributed by atoms with van der Waals surface area (Å²) in [4.78, 5) is 0.181. The van der Waals surface area contributed by atoms with Crippen LogP contribution in [0.4, 0.5) is 0 Å². The van der Waals surface area contributed by atoms with Gasteiger partial charge in [-0.25, -0.2) is 0 Å². The number of ether oxygens (including phenoxy) is 2. The Bertz CT molecular complexity index is 975. The number of hydrogen-bond acceptors (Lipinski definition) is 5. The molecular formula is C23H28O5S. The largest absolute Gasteiger partial charge is 0.497 e. The molecule has 0 amide bonds. The van der Waals surface area contributed by atoms with Crippen LogP contribution < -0.4 is 9.47 Å². The molecule has 2 aromatic rings. The molecule has 156 valence electrons. The molecule has 0 heterocycles. The highest BCUT2D eigenvalue weighted by molar-refractivity contribution is 7.86. The molecule has 1 saturated carbocycles. The Morgan fingerprint density at radius 1 is 1.03 bits per heavy atom. The van der Waals surface area contributed by atoms with Crippen LogP contribution in [0.3, 0.4) is 0 Å². The number of benzene rings is 2. The van der Waals surface area contributed by atoms with Gasteiger partial charge in [0, 0.05) is 5.41 Å². The second-order valence-corrected chi connectivity index (χ2v) is 9.43. The highest BCUT2D eigenvalue weighted by atomic mass is 32.2. The van der Waals surface area contributed by atoms with E-state index in [0.717, 1.165) is 35.5 Å². The van der Waals surface area contributed by atoms with Gasteiger partial charge in [-0.05, 0) is 68.7 Å².